The van der Waals surface area contributed by atoms with Gasteiger partial charge in [0.05, 0.1) is 6.61 Å². The van der Waals surface area contributed by atoms with Crippen LogP contribution < -0.4 is 4.74 Å². The lowest BCUT2D eigenvalue weighted by molar-refractivity contribution is 0.0244. The second-order valence-corrected chi connectivity index (χ2v) is 9.37. The SMILES string of the molecule is CCCCCc1ccc(CCc2ccc(C3Cc4ccc(OCCC)c(F)c4C(=O)O3)cc2)cc1. The molecule has 0 amide bonds. The second kappa shape index (κ2) is 12.0. The minimum absolute atomic E-state index is 0.00264. The molecule has 3 aromatic carbocycles. The number of hydrogen-bond donors (Lipinski definition) is 0. The minimum atomic E-state index is -0.627. The van der Waals surface area contributed by atoms with Crippen molar-refractivity contribution in [3.63, 3.8) is 0 Å². The van der Waals surface area contributed by atoms with E-state index in [1.807, 2.05) is 19.1 Å². The van der Waals surface area contributed by atoms with Crippen LogP contribution in [0.25, 0.3) is 0 Å². The van der Waals surface area contributed by atoms with Crippen LogP contribution in [0.4, 0.5) is 4.39 Å². The number of esters is 1. The Labute approximate surface area is 208 Å². The zero-order chi connectivity index (χ0) is 24.6. The number of halogens is 1. The third kappa shape index (κ3) is 6.30. The molecule has 0 aliphatic carbocycles. The number of carbonyl (C=O) groups excluding carboxylic acids is 1. The van der Waals surface area contributed by atoms with E-state index in [1.165, 1.54) is 36.0 Å². The summed E-state index contributed by atoms with van der Waals surface area (Å²) < 4.78 is 25.8. The lowest BCUT2D eigenvalue weighted by atomic mass is 9.93. The van der Waals surface area contributed by atoms with Gasteiger partial charge in [0.1, 0.15) is 11.7 Å². The Morgan fingerprint density at radius 1 is 0.829 bits per heavy atom. The van der Waals surface area contributed by atoms with E-state index >= 15 is 0 Å². The first kappa shape index (κ1) is 25.0. The fourth-order valence-electron chi connectivity index (χ4n) is 4.57. The zero-order valence-corrected chi connectivity index (χ0v) is 20.8. The highest BCUT2D eigenvalue weighted by Crippen LogP contribution is 2.35. The van der Waals surface area contributed by atoms with E-state index in [0.717, 1.165) is 31.2 Å². The lowest BCUT2D eigenvalue weighted by Crippen LogP contribution is -2.23. The van der Waals surface area contributed by atoms with Crippen LogP contribution in [-0.4, -0.2) is 12.6 Å². The van der Waals surface area contributed by atoms with Gasteiger partial charge < -0.3 is 9.47 Å². The van der Waals surface area contributed by atoms with E-state index in [1.54, 1.807) is 12.1 Å². The Hall–Kier alpha value is -3.14. The third-order valence-electron chi connectivity index (χ3n) is 6.66. The van der Waals surface area contributed by atoms with E-state index in [0.29, 0.717) is 18.6 Å². The van der Waals surface area contributed by atoms with Gasteiger partial charge in [0.15, 0.2) is 11.6 Å². The van der Waals surface area contributed by atoms with Gasteiger partial charge in [0, 0.05) is 6.42 Å². The molecule has 0 radical (unpaired) electrons. The van der Waals surface area contributed by atoms with Gasteiger partial charge in [0.25, 0.3) is 0 Å². The maximum Gasteiger partial charge on any atom is 0.342 e. The van der Waals surface area contributed by atoms with Crippen molar-refractivity contribution >= 4 is 5.97 Å². The summed E-state index contributed by atoms with van der Waals surface area (Å²) in [6.45, 7) is 4.59. The van der Waals surface area contributed by atoms with E-state index in [2.05, 4.69) is 43.3 Å². The Balaban J connectivity index is 1.35. The van der Waals surface area contributed by atoms with Gasteiger partial charge in [-0.1, -0.05) is 81.3 Å². The summed E-state index contributed by atoms with van der Waals surface area (Å²) >= 11 is 0. The Bertz CT molecular complexity index is 1120. The molecular weight excluding hydrogens is 439 g/mol. The average molecular weight is 475 g/mol. The molecule has 1 atom stereocenters. The minimum Gasteiger partial charge on any atom is -0.491 e. The number of carbonyl (C=O) groups is 1. The number of unbranched alkanes of at least 4 members (excludes halogenated alkanes) is 2. The maximum absolute atomic E-state index is 14.8. The number of cyclic esters (lactones) is 1. The first-order valence-corrected chi connectivity index (χ1v) is 12.9. The normalized spacial score (nSPS) is 14.9. The number of ether oxygens (including phenoxy) is 2. The Morgan fingerprint density at radius 3 is 2.09 bits per heavy atom. The van der Waals surface area contributed by atoms with Gasteiger partial charge in [-0.15, -0.1) is 0 Å². The largest absolute Gasteiger partial charge is 0.491 e. The van der Waals surface area contributed by atoms with Crippen molar-refractivity contribution in [3.8, 4) is 5.75 Å². The van der Waals surface area contributed by atoms with Gasteiger partial charge >= 0.3 is 5.97 Å². The second-order valence-electron chi connectivity index (χ2n) is 9.37. The first-order valence-electron chi connectivity index (χ1n) is 12.9. The molecule has 1 aliphatic rings. The van der Waals surface area contributed by atoms with Gasteiger partial charge in [0.2, 0.25) is 0 Å². The number of benzene rings is 3. The van der Waals surface area contributed by atoms with Crippen LogP contribution in [0, 0.1) is 5.82 Å². The summed E-state index contributed by atoms with van der Waals surface area (Å²) in [5.41, 5.74) is 5.59. The summed E-state index contributed by atoms with van der Waals surface area (Å²) in [6, 6.07) is 20.6. The van der Waals surface area contributed by atoms with E-state index in [-0.39, 0.29) is 11.3 Å². The highest BCUT2D eigenvalue weighted by Gasteiger charge is 2.31. The number of hydrogen-bond acceptors (Lipinski definition) is 3. The fourth-order valence-corrected chi connectivity index (χ4v) is 4.57. The summed E-state index contributed by atoms with van der Waals surface area (Å²) in [6.07, 6.45) is 7.71. The maximum atomic E-state index is 14.8. The topological polar surface area (TPSA) is 35.5 Å². The van der Waals surface area contributed by atoms with Crippen molar-refractivity contribution in [2.45, 2.75) is 71.3 Å². The predicted molar refractivity (Wildman–Crippen MR) is 138 cm³/mol. The highest BCUT2D eigenvalue weighted by atomic mass is 19.1. The van der Waals surface area contributed by atoms with Crippen molar-refractivity contribution < 1.29 is 18.7 Å². The summed E-state index contributed by atoms with van der Waals surface area (Å²) in [5, 5.41) is 0. The molecule has 4 rings (SSSR count). The standard InChI is InChI=1S/C31H35FO3/c1-3-5-6-7-22-8-10-23(11-9-22)12-13-24-14-16-25(17-15-24)28-21-26-18-19-27(34-20-4-2)30(32)29(26)31(33)35-28/h8-11,14-19,28H,3-7,12-13,20-21H2,1-2H3. The van der Waals surface area contributed by atoms with Gasteiger partial charge in [-0.25, -0.2) is 9.18 Å². The van der Waals surface area contributed by atoms with E-state index in [4.69, 9.17) is 9.47 Å². The van der Waals surface area contributed by atoms with Crippen LogP contribution in [0.1, 0.15) is 83.8 Å². The molecule has 0 N–H and O–H groups in total. The van der Waals surface area contributed by atoms with Gasteiger partial charge in [-0.2, -0.15) is 0 Å². The van der Waals surface area contributed by atoms with E-state index in [9.17, 15) is 9.18 Å². The molecule has 184 valence electrons. The summed E-state index contributed by atoms with van der Waals surface area (Å²) in [7, 11) is 0. The Morgan fingerprint density at radius 2 is 1.46 bits per heavy atom. The molecule has 3 aromatic rings. The third-order valence-corrected chi connectivity index (χ3v) is 6.66. The Kier molecular flexibility index (Phi) is 8.57. The van der Waals surface area contributed by atoms with Crippen molar-refractivity contribution in [2.75, 3.05) is 6.61 Å². The zero-order valence-electron chi connectivity index (χ0n) is 20.8. The van der Waals surface area contributed by atoms with Crippen LogP contribution >= 0.6 is 0 Å². The van der Waals surface area contributed by atoms with Crippen molar-refractivity contribution in [1.82, 2.24) is 0 Å². The van der Waals surface area contributed by atoms with Gasteiger partial charge in [-0.05, 0) is 66.0 Å². The molecule has 0 fully saturated rings. The van der Waals surface area contributed by atoms with Crippen molar-refractivity contribution in [3.05, 3.63) is 99.9 Å². The van der Waals surface area contributed by atoms with Crippen LogP contribution in [0.5, 0.6) is 5.75 Å². The fraction of sp³-hybridized carbons (Fsp3) is 0.387. The van der Waals surface area contributed by atoms with Crippen LogP contribution in [0.15, 0.2) is 60.7 Å². The quantitative estimate of drug-likeness (QED) is 0.212. The smallest absolute Gasteiger partial charge is 0.342 e. The molecule has 1 heterocycles. The molecule has 0 saturated carbocycles. The van der Waals surface area contributed by atoms with Crippen LogP contribution in [0.2, 0.25) is 0 Å². The molecule has 0 saturated heterocycles. The molecule has 35 heavy (non-hydrogen) atoms. The number of rotatable bonds is 11. The molecule has 0 bridgehead atoms. The van der Waals surface area contributed by atoms with Crippen LogP contribution in [0.3, 0.4) is 0 Å². The number of fused-ring (bicyclic) bond motifs is 1. The molecule has 4 heteroatoms. The molecule has 3 nitrogen and oxygen atoms in total. The van der Waals surface area contributed by atoms with E-state index < -0.39 is 17.9 Å². The highest BCUT2D eigenvalue weighted by molar-refractivity contribution is 5.93. The molecule has 1 unspecified atom stereocenters. The summed E-state index contributed by atoms with van der Waals surface area (Å²) in [5.74, 6) is -1.14. The average Bonchev–Trinajstić information content (AvgIpc) is 2.88. The van der Waals surface area contributed by atoms with Crippen LogP contribution in [-0.2, 0) is 30.4 Å². The first-order chi connectivity index (χ1) is 17.1. The number of aryl methyl sites for hydroxylation is 3. The van der Waals surface area contributed by atoms with Gasteiger partial charge in [-0.3, -0.25) is 0 Å². The predicted octanol–water partition coefficient (Wildman–Crippen LogP) is 7.59. The molecule has 0 spiro atoms. The molecule has 1 aliphatic heterocycles. The summed E-state index contributed by atoms with van der Waals surface area (Å²) in [4.78, 5) is 12.6. The molecular formula is C31H35FO3. The van der Waals surface area contributed by atoms with Crippen molar-refractivity contribution in [2.24, 2.45) is 0 Å². The van der Waals surface area contributed by atoms with Crippen molar-refractivity contribution in [1.29, 1.82) is 0 Å². The monoisotopic (exact) mass is 474 g/mol. The lowest BCUT2D eigenvalue weighted by Gasteiger charge is -2.26. The molecule has 0 aromatic heterocycles.